The van der Waals surface area contributed by atoms with Crippen LogP contribution in [0.2, 0.25) is 0 Å². The standard InChI is InChI=1S/C20H22IN3O2/c1-23-11-12-24(18(14-23)15-7-3-2-4-8-15)19(25)13-22-20(26)16-9-5-6-10-17(16)21/h2-10,18H,11-14H2,1H3,(H,22,26). The van der Waals surface area contributed by atoms with E-state index in [-0.39, 0.29) is 24.4 Å². The third-order valence-electron chi connectivity index (χ3n) is 4.61. The molecule has 0 radical (unpaired) electrons. The molecule has 0 spiro atoms. The largest absolute Gasteiger partial charge is 0.343 e. The van der Waals surface area contributed by atoms with Gasteiger partial charge in [0.15, 0.2) is 0 Å². The fraction of sp³-hybridized carbons (Fsp3) is 0.300. The van der Waals surface area contributed by atoms with Crippen molar-refractivity contribution in [3.8, 4) is 0 Å². The number of carbonyl (C=O) groups is 2. The van der Waals surface area contributed by atoms with Gasteiger partial charge in [0.25, 0.3) is 5.91 Å². The Morgan fingerprint density at radius 3 is 2.50 bits per heavy atom. The van der Waals surface area contributed by atoms with Gasteiger partial charge in [0, 0.05) is 23.2 Å². The Hall–Kier alpha value is -1.93. The number of carbonyl (C=O) groups excluding carboxylic acids is 2. The zero-order valence-electron chi connectivity index (χ0n) is 14.7. The van der Waals surface area contributed by atoms with Crippen LogP contribution in [0, 0.1) is 3.57 Å². The fourth-order valence-corrected chi connectivity index (χ4v) is 3.81. The third-order valence-corrected chi connectivity index (χ3v) is 5.55. The van der Waals surface area contributed by atoms with E-state index >= 15 is 0 Å². The van der Waals surface area contributed by atoms with Crippen molar-refractivity contribution in [3.63, 3.8) is 0 Å². The minimum atomic E-state index is -0.214. The van der Waals surface area contributed by atoms with Crippen molar-refractivity contribution in [1.82, 2.24) is 15.1 Å². The smallest absolute Gasteiger partial charge is 0.252 e. The van der Waals surface area contributed by atoms with Crippen LogP contribution < -0.4 is 5.32 Å². The SMILES string of the molecule is CN1CCN(C(=O)CNC(=O)c2ccccc2I)C(c2ccccc2)C1. The molecule has 1 aliphatic heterocycles. The van der Waals surface area contributed by atoms with Crippen molar-refractivity contribution >= 4 is 34.4 Å². The van der Waals surface area contributed by atoms with Crippen molar-refractivity contribution in [3.05, 3.63) is 69.3 Å². The molecule has 3 rings (SSSR count). The first-order chi connectivity index (χ1) is 12.6. The minimum absolute atomic E-state index is 0.0104. The zero-order chi connectivity index (χ0) is 18.5. The van der Waals surface area contributed by atoms with E-state index in [9.17, 15) is 9.59 Å². The van der Waals surface area contributed by atoms with Gasteiger partial charge in [0.05, 0.1) is 18.2 Å². The second kappa shape index (κ2) is 8.64. The molecule has 1 unspecified atom stereocenters. The highest BCUT2D eigenvalue weighted by molar-refractivity contribution is 14.1. The van der Waals surface area contributed by atoms with E-state index in [0.717, 1.165) is 22.2 Å². The lowest BCUT2D eigenvalue weighted by Gasteiger charge is -2.40. The predicted molar refractivity (Wildman–Crippen MR) is 110 cm³/mol. The Morgan fingerprint density at radius 1 is 1.08 bits per heavy atom. The summed E-state index contributed by atoms with van der Waals surface area (Å²) in [6.07, 6.45) is 0. The highest BCUT2D eigenvalue weighted by atomic mass is 127. The monoisotopic (exact) mass is 463 g/mol. The van der Waals surface area contributed by atoms with Crippen LogP contribution >= 0.6 is 22.6 Å². The van der Waals surface area contributed by atoms with E-state index in [2.05, 4.69) is 52.0 Å². The van der Waals surface area contributed by atoms with Crippen LogP contribution in [-0.2, 0) is 4.79 Å². The molecule has 26 heavy (non-hydrogen) atoms. The Labute approximate surface area is 167 Å². The van der Waals surface area contributed by atoms with Crippen molar-refractivity contribution < 1.29 is 9.59 Å². The first kappa shape index (κ1) is 18.8. The van der Waals surface area contributed by atoms with Crippen LogP contribution in [0.25, 0.3) is 0 Å². The summed E-state index contributed by atoms with van der Waals surface area (Å²) in [5, 5.41) is 2.77. The van der Waals surface area contributed by atoms with Crippen molar-refractivity contribution in [1.29, 1.82) is 0 Å². The fourth-order valence-electron chi connectivity index (χ4n) is 3.18. The van der Waals surface area contributed by atoms with Gasteiger partial charge in [-0.05, 0) is 47.3 Å². The molecule has 5 nitrogen and oxygen atoms in total. The molecule has 2 aromatic rings. The van der Waals surface area contributed by atoms with Crippen LogP contribution in [0.1, 0.15) is 22.0 Å². The number of piperazine rings is 1. The first-order valence-corrected chi connectivity index (χ1v) is 9.70. The highest BCUT2D eigenvalue weighted by Gasteiger charge is 2.30. The van der Waals surface area contributed by atoms with Crippen molar-refractivity contribution in [2.75, 3.05) is 33.2 Å². The van der Waals surface area contributed by atoms with Gasteiger partial charge in [-0.15, -0.1) is 0 Å². The number of nitrogens with zero attached hydrogens (tertiary/aromatic N) is 2. The van der Waals surface area contributed by atoms with E-state index < -0.39 is 0 Å². The Kier molecular flexibility index (Phi) is 6.26. The highest BCUT2D eigenvalue weighted by Crippen LogP contribution is 2.24. The minimum Gasteiger partial charge on any atom is -0.343 e. The molecule has 1 saturated heterocycles. The van der Waals surface area contributed by atoms with Gasteiger partial charge in [-0.25, -0.2) is 0 Å². The molecule has 0 aromatic heterocycles. The van der Waals surface area contributed by atoms with Crippen molar-refractivity contribution in [2.24, 2.45) is 0 Å². The Bertz CT molecular complexity index is 782. The molecule has 6 heteroatoms. The molecule has 1 aliphatic rings. The normalized spacial score (nSPS) is 17.8. The van der Waals surface area contributed by atoms with Gasteiger partial charge in [0.1, 0.15) is 0 Å². The number of rotatable bonds is 4. The van der Waals surface area contributed by atoms with E-state index in [1.807, 2.05) is 41.3 Å². The molecule has 1 heterocycles. The van der Waals surface area contributed by atoms with E-state index in [4.69, 9.17) is 0 Å². The Morgan fingerprint density at radius 2 is 1.77 bits per heavy atom. The van der Waals surface area contributed by atoms with Gasteiger partial charge in [-0.1, -0.05) is 42.5 Å². The number of likely N-dealkylation sites (N-methyl/N-ethyl adjacent to an activating group) is 1. The number of hydrogen-bond acceptors (Lipinski definition) is 3. The summed E-state index contributed by atoms with van der Waals surface area (Å²) in [5.74, 6) is -0.264. The average molecular weight is 463 g/mol. The molecular formula is C20H22IN3O2. The predicted octanol–water partition coefficient (Wildman–Crippen LogP) is 2.54. The van der Waals surface area contributed by atoms with Crippen LogP contribution in [0.15, 0.2) is 54.6 Å². The summed E-state index contributed by atoms with van der Waals surface area (Å²) in [4.78, 5) is 29.3. The summed E-state index contributed by atoms with van der Waals surface area (Å²) in [7, 11) is 2.07. The second-order valence-corrected chi connectivity index (χ2v) is 7.60. The second-order valence-electron chi connectivity index (χ2n) is 6.44. The molecule has 1 fully saturated rings. The number of halogens is 1. The third kappa shape index (κ3) is 4.42. The van der Waals surface area contributed by atoms with Crippen LogP contribution in [0.5, 0.6) is 0 Å². The average Bonchev–Trinajstić information content (AvgIpc) is 2.67. The molecule has 0 aliphatic carbocycles. The maximum absolute atomic E-state index is 12.8. The van der Waals surface area contributed by atoms with E-state index in [0.29, 0.717) is 12.1 Å². The number of amides is 2. The molecule has 2 aromatic carbocycles. The first-order valence-electron chi connectivity index (χ1n) is 8.62. The van der Waals surface area contributed by atoms with Crippen LogP contribution in [0.3, 0.4) is 0 Å². The summed E-state index contributed by atoms with van der Waals surface area (Å²) in [5.41, 5.74) is 1.72. The lowest BCUT2D eigenvalue weighted by atomic mass is 10.0. The quantitative estimate of drug-likeness (QED) is 0.710. The lowest BCUT2D eigenvalue weighted by Crippen LogP contribution is -2.51. The molecule has 1 N–H and O–H groups in total. The summed E-state index contributed by atoms with van der Waals surface area (Å²) < 4.78 is 0.872. The maximum atomic E-state index is 12.8. The summed E-state index contributed by atoms with van der Waals surface area (Å²) in [6, 6.07) is 17.4. The van der Waals surface area contributed by atoms with E-state index in [1.54, 1.807) is 6.07 Å². The maximum Gasteiger partial charge on any atom is 0.252 e. The van der Waals surface area contributed by atoms with Crippen LogP contribution in [0.4, 0.5) is 0 Å². The molecule has 2 amide bonds. The van der Waals surface area contributed by atoms with Gasteiger partial charge in [0.2, 0.25) is 5.91 Å². The molecule has 0 saturated carbocycles. The summed E-state index contributed by atoms with van der Waals surface area (Å²) >= 11 is 2.13. The molecular weight excluding hydrogens is 441 g/mol. The van der Waals surface area contributed by atoms with Gasteiger partial charge >= 0.3 is 0 Å². The number of benzene rings is 2. The van der Waals surface area contributed by atoms with Gasteiger partial charge < -0.3 is 15.1 Å². The molecule has 0 bridgehead atoms. The van der Waals surface area contributed by atoms with Crippen molar-refractivity contribution in [2.45, 2.75) is 6.04 Å². The number of nitrogens with one attached hydrogen (secondary N) is 1. The summed E-state index contributed by atoms with van der Waals surface area (Å²) in [6.45, 7) is 2.30. The topological polar surface area (TPSA) is 52.6 Å². The number of hydrogen-bond donors (Lipinski definition) is 1. The zero-order valence-corrected chi connectivity index (χ0v) is 16.8. The Balaban J connectivity index is 1.67. The molecule has 1 atom stereocenters. The van der Waals surface area contributed by atoms with E-state index in [1.165, 1.54) is 0 Å². The van der Waals surface area contributed by atoms with Gasteiger partial charge in [-0.2, -0.15) is 0 Å². The van der Waals surface area contributed by atoms with Gasteiger partial charge in [-0.3, -0.25) is 9.59 Å². The molecule has 136 valence electrons. The lowest BCUT2D eigenvalue weighted by molar-refractivity contribution is -0.135. The van der Waals surface area contributed by atoms with Crippen LogP contribution in [-0.4, -0.2) is 54.8 Å².